The SMILES string of the molecule is N#C/C=C\C[C@H](CC(=S)N(Cc1ccccc1)Cc1ccccc1)c1ccc(Cl)cc1. The summed E-state index contributed by atoms with van der Waals surface area (Å²) >= 11 is 12.1. The fourth-order valence-electron chi connectivity index (χ4n) is 3.54. The van der Waals surface area contributed by atoms with Crippen LogP contribution in [0.5, 0.6) is 0 Å². The van der Waals surface area contributed by atoms with E-state index in [0.29, 0.717) is 5.02 Å². The first kappa shape index (κ1) is 22.7. The third-order valence-electron chi connectivity index (χ3n) is 5.16. The number of halogens is 1. The summed E-state index contributed by atoms with van der Waals surface area (Å²) in [6.45, 7) is 1.52. The Morgan fingerprint density at radius 3 is 1.97 bits per heavy atom. The molecule has 1 atom stereocenters. The molecule has 3 rings (SSSR count). The summed E-state index contributed by atoms with van der Waals surface area (Å²) in [5.41, 5.74) is 3.63. The van der Waals surface area contributed by atoms with Crippen molar-refractivity contribution in [3.05, 3.63) is 119 Å². The number of hydrogen-bond donors (Lipinski definition) is 0. The van der Waals surface area contributed by atoms with Gasteiger partial charge < -0.3 is 4.90 Å². The third-order valence-corrected chi connectivity index (χ3v) is 5.84. The van der Waals surface area contributed by atoms with Gasteiger partial charge in [-0.2, -0.15) is 5.26 Å². The van der Waals surface area contributed by atoms with Crippen molar-refractivity contribution in [2.75, 3.05) is 0 Å². The first-order valence-corrected chi connectivity index (χ1v) is 11.1. The number of allylic oxidation sites excluding steroid dienone is 2. The molecule has 0 amide bonds. The summed E-state index contributed by atoms with van der Waals surface area (Å²) < 4.78 is 0. The summed E-state index contributed by atoms with van der Waals surface area (Å²) in [6.07, 6.45) is 4.94. The van der Waals surface area contributed by atoms with Crippen molar-refractivity contribution < 1.29 is 0 Å². The van der Waals surface area contributed by atoms with Crippen LogP contribution in [0.3, 0.4) is 0 Å². The van der Waals surface area contributed by atoms with Crippen LogP contribution in [0, 0.1) is 11.3 Å². The van der Waals surface area contributed by atoms with Gasteiger partial charge in [0.25, 0.3) is 0 Å². The van der Waals surface area contributed by atoms with Crippen LogP contribution in [0.1, 0.15) is 35.4 Å². The fourth-order valence-corrected chi connectivity index (χ4v) is 3.99. The lowest BCUT2D eigenvalue weighted by molar-refractivity contribution is 0.401. The van der Waals surface area contributed by atoms with E-state index in [0.717, 1.165) is 30.9 Å². The summed E-state index contributed by atoms with van der Waals surface area (Å²) in [5.74, 6) is 0.184. The number of nitriles is 1. The van der Waals surface area contributed by atoms with Crippen LogP contribution in [0.2, 0.25) is 5.02 Å². The van der Waals surface area contributed by atoms with Gasteiger partial charge in [0.05, 0.1) is 11.1 Å². The van der Waals surface area contributed by atoms with Crippen molar-refractivity contribution in [1.29, 1.82) is 5.26 Å². The van der Waals surface area contributed by atoms with Gasteiger partial charge in [-0.25, -0.2) is 0 Å². The van der Waals surface area contributed by atoms with Gasteiger partial charge >= 0.3 is 0 Å². The Labute approximate surface area is 195 Å². The van der Waals surface area contributed by atoms with Crippen molar-refractivity contribution in [2.45, 2.75) is 31.8 Å². The molecule has 0 aliphatic heterocycles. The first-order chi connectivity index (χ1) is 15.2. The lowest BCUT2D eigenvalue weighted by Crippen LogP contribution is -2.29. The van der Waals surface area contributed by atoms with E-state index in [2.05, 4.69) is 71.6 Å². The summed E-state index contributed by atoms with van der Waals surface area (Å²) in [5, 5.41) is 9.61. The Hall–Kier alpha value is -2.93. The second kappa shape index (κ2) is 12.1. The Morgan fingerprint density at radius 1 is 0.903 bits per heavy atom. The maximum atomic E-state index is 8.90. The lowest BCUT2D eigenvalue weighted by Gasteiger charge is -2.28. The number of thiocarbonyl (C=S) groups is 1. The summed E-state index contributed by atoms with van der Waals surface area (Å²) in [6, 6.07) is 30.8. The van der Waals surface area contributed by atoms with E-state index >= 15 is 0 Å². The molecule has 0 spiro atoms. The molecule has 0 saturated carbocycles. The molecule has 3 aromatic carbocycles. The molecule has 0 heterocycles. The first-order valence-electron chi connectivity index (χ1n) is 10.3. The molecule has 156 valence electrons. The number of hydrogen-bond acceptors (Lipinski definition) is 2. The van der Waals surface area contributed by atoms with Gasteiger partial charge in [0, 0.05) is 30.6 Å². The third kappa shape index (κ3) is 7.36. The topological polar surface area (TPSA) is 27.0 Å². The fraction of sp³-hybridized carbons (Fsp3) is 0.185. The van der Waals surface area contributed by atoms with E-state index in [-0.39, 0.29) is 5.92 Å². The number of benzene rings is 3. The molecule has 0 radical (unpaired) electrons. The van der Waals surface area contributed by atoms with Crippen molar-refractivity contribution in [3.63, 3.8) is 0 Å². The molecule has 0 aliphatic carbocycles. The number of nitrogens with zero attached hydrogens (tertiary/aromatic N) is 2. The predicted octanol–water partition coefficient (Wildman–Crippen LogP) is 7.31. The monoisotopic (exact) mass is 444 g/mol. The molecule has 0 fully saturated rings. The van der Waals surface area contributed by atoms with Gasteiger partial charge in [0.2, 0.25) is 0 Å². The van der Waals surface area contributed by atoms with E-state index in [1.807, 2.05) is 30.3 Å². The van der Waals surface area contributed by atoms with E-state index in [4.69, 9.17) is 29.1 Å². The van der Waals surface area contributed by atoms with Crippen molar-refractivity contribution >= 4 is 28.8 Å². The molecule has 31 heavy (non-hydrogen) atoms. The molecule has 2 nitrogen and oxygen atoms in total. The maximum absolute atomic E-state index is 8.90. The van der Waals surface area contributed by atoms with Crippen molar-refractivity contribution in [1.82, 2.24) is 4.90 Å². The molecule has 0 N–H and O–H groups in total. The molecule has 0 aliphatic rings. The molecule has 0 saturated heterocycles. The van der Waals surface area contributed by atoms with E-state index in [1.165, 1.54) is 22.8 Å². The molecule has 0 unspecified atom stereocenters. The molecule has 4 heteroatoms. The van der Waals surface area contributed by atoms with Gasteiger partial charge in [-0.05, 0) is 41.2 Å². The molecular weight excluding hydrogens is 420 g/mol. The quantitative estimate of drug-likeness (QED) is 0.255. The highest BCUT2D eigenvalue weighted by atomic mass is 35.5. The van der Waals surface area contributed by atoms with Gasteiger partial charge in [-0.15, -0.1) is 0 Å². The van der Waals surface area contributed by atoms with Crippen LogP contribution in [0.15, 0.2) is 97.1 Å². The minimum atomic E-state index is 0.184. The highest BCUT2D eigenvalue weighted by molar-refractivity contribution is 7.80. The van der Waals surface area contributed by atoms with Crippen LogP contribution in [0.25, 0.3) is 0 Å². The standard InChI is InChI=1S/C27H25ClN2S/c28-26-16-14-24(15-17-26)25(13-7-8-18-29)19-27(31)30(20-22-9-3-1-4-10-22)21-23-11-5-2-6-12-23/h1-12,14-17,25H,13,19-21H2/b8-7-/t25-/m1/s1. The van der Waals surface area contributed by atoms with Gasteiger partial charge in [0.1, 0.15) is 0 Å². The highest BCUT2D eigenvalue weighted by Crippen LogP contribution is 2.28. The molecule has 0 aromatic heterocycles. The average Bonchev–Trinajstić information content (AvgIpc) is 2.80. The Balaban J connectivity index is 1.81. The second-order valence-electron chi connectivity index (χ2n) is 7.44. The van der Waals surface area contributed by atoms with E-state index in [1.54, 1.807) is 0 Å². The smallest absolute Gasteiger partial charge is 0.0908 e. The van der Waals surface area contributed by atoms with Crippen LogP contribution in [0.4, 0.5) is 0 Å². The minimum absolute atomic E-state index is 0.184. The predicted molar refractivity (Wildman–Crippen MR) is 133 cm³/mol. The summed E-state index contributed by atoms with van der Waals surface area (Å²) in [7, 11) is 0. The zero-order valence-electron chi connectivity index (χ0n) is 17.3. The van der Waals surface area contributed by atoms with E-state index < -0.39 is 0 Å². The van der Waals surface area contributed by atoms with Crippen LogP contribution in [-0.4, -0.2) is 9.89 Å². The Morgan fingerprint density at radius 2 is 1.45 bits per heavy atom. The highest BCUT2D eigenvalue weighted by Gasteiger charge is 2.18. The van der Waals surface area contributed by atoms with Crippen molar-refractivity contribution in [2.24, 2.45) is 0 Å². The van der Waals surface area contributed by atoms with Crippen molar-refractivity contribution in [3.8, 4) is 6.07 Å². The zero-order valence-corrected chi connectivity index (χ0v) is 18.9. The molecule has 3 aromatic rings. The minimum Gasteiger partial charge on any atom is -0.357 e. The zero-order chi connectivity index (χ0) is 21.9. The van der Waals surface area contributed by atoms with Crippen LogP contribution >= 0.6 is 23.8 Å². The average molecular weight is 445 g/mol. The number of rotatable bonds is 9. The van der Waals surface area contributed by atoms with Gasteiger partial charge in [-0.3, -0.25) is 0 Å². The summed E-state index contributed by atoms with van der Waals surface area (Å²) in [4.78, 5) is 3.19. The molecular formula is C27H25ClN2S. The Kier molecular flexibility index (Phi) is 8.84. The van der Waals surface area contributed by atoms with Gasteiger partial charge in [0.15, 0.2) is 0 Å². The second-order valence-corrected chi connectivity index (χ2v) is 8.35. The van der Waals surface area contributed by atoms with Crippen LogP contribution in [-0.2, 0) is 13.1 Å². The maximum Gasteiger partial charge on any atom is 0.0908 e. The normalized spacial score (nSPS) is 11.7. The molecule has 0 bridgehead atoms. The van der Waals surface area contributed by atoms with Gasteiger partial charge in [-0.1, -0.05) is 103 Å². The Bertz CT molecular complexity index is 983. The largest absolute Gasteiger partial charge is 0.357 e. The lowest BCUT2D eigenvalue weighted by atomic mass is 9.92. The van der Waals surface area contributed by atoms with Crippen LogP contribution < -0.4 is 0 Å². The van der Waals surface area contributed by atoms with E-state index in [9.17, 15) is 0 Å².